The quantitative estimate of drug-likeness (QED) is 0.896. The van der Waals surface area contributed by atoms with Crippen molar-refractivity contribution in [3.05, 3.63) is 34.6 Å². The fourth-order valence-corrected chi connectivity index (χ4v) is 2.35. The molecule has 1 aromatic carbocycles. The number of aryl methyl sites for hydroxylation is 1. The van der Waals surface area contributed by atoms with Crippen molar-refractivity contribution in [3.63, 3.8) is 0 Å². The summed E-state index contributed by atoms with van der Waals surface area (Å²) in [6, 6.07) is 2.55. The summed E-state index contributed by atoms with van der Waals surface area (Å²) in [5.74, 6) is -1.90. The van der Waals surface area contributed by atoms with E-state index in [0.717, 1.165) is 6.07 Å². The first-order chi connectivity index (χ1) is 8.35. The van der Waals surface area contributed by atoms with Crippen LogP contribution in [0.2, 0.25) is 0 Å². The summed E-state index contributed by atoms with van der Waals surface area (Å²) in [5, 5.41) is 8.82. The van der Waals surface area contributed by atoms with Crippen molar-refractivity contribution in [3.8, 4) is 0 Å². The van der Waals surface area contributed by atoms with Gasteiger partial charge in [-0.25, -0.2) is 13.2 Å². The predicted octanol–water partition coefficient (Wildman–Crippen LogP) is 3.58. The zero-order chi connectivity index (χ0) is 13.5. The fourth-order valence-electron chi connectivity index (χ4n) is 2.35. The molecule has 1 aliphatic rings. The highest BCUT2D eigenvalue weighted by Crippen LogP contribution is 2.51. The molecule has 2 rings (SSSR count). The van der Waals surface area contributed by atoms with Gasteiger partial charge in [0, 0.05) is 5.41 Å². The maximum absolute atomic E-state index is 13.6. The third-order valence-corrected chi connectivity index (χ3v) is 3.51. The van der Waals surface area contributed by atoms with Crippen LogP contribution in [0.1, 0.15) is 42.4 Å². The third kappa shape index (κ3) is 2.21. The van der Waals surface area contributed by atoms with Gasteiger partial charge in [0.2, 0.25) is 0 Å². The van der Waals surface area contributed by atoms with E-state index in [2.05, 4.69) is 0 Å². The lowest BCUT2D eigenvalue weighted by Gasteiger charge is -2.16. The average molecular weight is 258 g/mol. The normalized spacial score (nSPS) is 16.9. The standard InChI is InChI=1S/C13H13F3O2/c1-7-4-8(5-9(14)11(7)12(15)16)13(2-3-13)6-10(17)18/h4-5,12H,2-3,6H2,1H3,(H,17,18). The molecule has 1 aliphatic carbocycles. The van der Waals surface area contributed by atoms with E-state index in [1.165, 1.54) is 13.0 Å². The Kier molecular flexibility index (Phi) is 3.09. The lowest BCUT2D eigenvalue weighted by Crippen LogP contribution is -2.14. The monoisotopic (exact) mass is 258 g/mol. The Bertz CT molecular complexity index is 470. The number of carboxylic acid groups (broad SMARTS) is 1. The molecule has 5 heteroatoms. The smallest absolute Gasteiger partial charge is 0.304 e. The van der Waals surface area contributed by atoms with Crippen LogP contribution in [0.5, 0.6) is 0 Å². The molecule has 0 saturated heterocycles. The maximum Gasteiger partial charge on any atom is 0.304 e. The Morgan fingerprint density at radius 3 is 2.44 bits per heavy atom. The number of rotatable bonds is 4. The summed E-state index contributed by atoms with van der Waals surface area (Å²) in [7, 11) is 0. The van der Waals surface area contributed by atoms with E-state index in [0.29, 0.717) is 18.4 Å². The fraction of sp³-hybridized carbons (Fsp3) is 0.462. The van der Waals surface area contributed by atoms with Gasteiger partial charge in [0.1, 0.15) is 5.82 Å². The molecule has 0 unspecified atom stereocenters. The van der Waals surface area contributed by atoms with Crippen LogP contribution in [0.3, 0.4) is 0 Å². The molecular weight excluding hydrogens is 245 g/mol. The van der Waals surface area contributed by atoms with Gasteiger partial charge in [-0.1, -0.05) is 6.07 Å². The first-order valence-electron chi connectivity index (χ1n) is 5.66. The second-order valence-corrected chi connectivity index (χ2v) is 4.84. The van der Waals surface area contributed by atoms with Crippen molar-refractivity contribution >= 4 is 5.97 Å². The molecule has 18 heavy (non-hydrogen) atoms. The van der Waals surface area contributed by atoms with Crippen LogP contribution in [-0.2, 0) is 10.2 Å². The van der Waals surface area contributed by atoms with E-state index in [9.17, 15) is 18.0 Å². The molecule has 98 valence electrons. The highest BCUT2D eigenvalue weighted by Gasteiger charge is 2.46. The Morgan fingerprint density at radius 2 is 2.06 bits per heavy atom. The van der Waals surface area contributed by atoms with Crippen molar-refractivity contribution in [2.75, 3.05) is 0 Å². The van der Waals surface area contributed by atoms with E-state index < -0.39 is 29.2 Å². The lowest BCUT2D eigenvalue weighted by molar-refractivity contribution is -0.137. The van der Waals surface area contributed by atoms with Crippen molar-refractivity contribution < 1.29 is 23.1 Å². The van der Waals surface area contributed by atoms with Crippen LogP contribution in [0.15, 0.2) is 12.1 Å². The van der Waals surface area contributed by atoms with Gasteiger partial charge in [0.25, 0.3) is 6.43 Å². The molecule has 0 radical (unpaired) electrons. The summed E-state index contributed by atoms with van der Waals surface area (Å²) < 4.78 is 38.8. The van der Waals surface area contributed by atoms with E-state index in [-0.39, 0.29) is 12.0 Å². The van der Waals surface area contributed by atoms with E-state index in [4.69, 9.17) is 5.11 Å². The summed E-state index contributed by atoms with van der Waals surface area (Å²) in [5.41, 5.74) is -0.455. The van der Waals surface area contributed by atoms with Gasteiger partial charge in [0.05, 0.1) is 12.0 Å². The summed E-state index contributed by atoms with van der Waals surface area (Å²) in [6.07, 6.45) is -1.62. The summed E-state index contributed by atoms with van der Waals surface area (Å²) in [4.78, 5) is 10.8. The molecule has 0 heterocycles. The van der Waals surface area contributed by atoms with Gasteiger partial charge < -0.3 is 5.11 Å². The van der Waals surface area contributed by atoms with Gasteiger partial charge >= 0.3 is 5.97 Å². The average Bonchev–Trinajstić information content (AvgIpc) is 2.95. The molecule has 0 amide bonds. The molecule has 2 nitrogen and oxygen atoms in total. The van der Waals surface area contributed by atoms with Crippen LogP contribution < -0.4 is 0 Å². The second-order valence-electron chi connectivity index (χ2n) is 4.84. The highest BCUT2D eigenvalue weighted by molar-refractivity contribution is 5.70. The highest BCUT2D eigenvalue weighted by atomic mass is 19.3. The molecule has 1 aromatic rings. The number of aliphatic carboxylic acids is 1. The number of hydrogen-bond acceptors (Lipinski definition) is 1. The molecule has 0 aliphatic heterocycles. The minimum atomic E-state index is -2.85. The van der Waals surface area contributed by atoms with Crippen molar-refractivity contribution in [1.29, 1.82) is 0 Å². The summed E-state index contributed by atoms with van der Waals surface area (Å²) >= 11 is 0. The van der Waals surface area contributed by atoms with Crippen molar-refractivity contribution in [2.45, 2.75) is 38.0 Å². The van der Waals surface area contributed by atoms with Gasteiger partial charge in [-0.3, -0.25) is 4.79 Å². The number of hydrogen-bond donors (Lipinski definition) is 1. The molecule has 1 N–H and O–H groups in total. The van der Waals surface area contributed by atoms with Crippen LogP contribution in [0.25, 0.3) is 0 Å². The molecule has 0 spiro atoms. The minimum Gasteiger partial charge on any atom is -0.481 e. The second kappa shape index (κ2) is 4.30. The molecular formula is C13H13F3O2. The van der Waals surface area contributed by atoms with Crippen molar-refractivity contribution in [2.24, 2.45) is 0 Å². The van der Waals surface area contributed by atoms with Crippen molar-refractivity contribution in [1.82, 2.24) is 0 Å². The number of benzene rings is 1. The third-order valence-electron chi connectivity index (χ3n) is 3.51. The SMILES string of the molecule is Cc1cc(C2(CC(=O)O)CC2)cc(F)c1C(F)F. The molecule has 0 atom stereocenters. The topological polar surface area (TPSA) is 37.3 Å². The van der Waals surface area contributed by atoms with E-state index in [1.54, 1.807) is 0 Å². The molecule has 0 aromatic heterocycles. The van der Waals surface area contributed by atoms with Gasteiger partial charge in [-0.05, 0) is 37.0 Å². The van der Waals surface area contributed by atoms with Gasteiger partial charge in [-0.15, -0.1) is 0 Å². The molecule has 0 bridgehead atoms. The van der Waals surface area contributed by atoms with Crippen LogP contribution >= 0.6 is 0 Å². The predicted molar refractivity (Wildman–Crippen MR) is 59.3 cm³/mol. The van der Waals surface area contributed by atoms with Crippen LogP contribution in [0, 0.1) is 12.7 Å². The number of carbonyl (C=O) groups is 1. The zero-order valence-corrected chi connectivity index (χ0v) is 9.84. The maximum atomic E-state index is 13.6. The van der Waals surface area contributed by atoms with E-state index in [1.807, 2.05) is 0 Å². The first-order valence-corrected chi connectivity index (χ1v) is 5.66. The van der Waals surface area contributed by atoms with Crippen LogP contribution in [-0.4, -0.2) is 11.1 Å². The number of carboxylic acids is 1. The van der Waals surface area contributed by atoms with Crippen LogP contribution in [0.4, 0.5) is 13.2 Å². The number of halogens is 3. The first kappa shape index (κ1) is 12.9. The van der Waals surface area contributed by atoms with Gasteiger partial charge in [0.15, 0.2) is 0 Å². The molecule has 1 fully saturated rings. The summed E-state index contributed by atoms with van der Waals surface area (Å²) in [6.45, 7) is 1.42. The zero-order valence-electron chi connectivity index (χ0n) is 9.84. The Hall–Kier alpha value is -1.52. The Balaban J connectivity index is 2.40. The largest absolute Gasteiger partial charge is 0.481 e. The Morgan fingerprint density at radius 1 is 1.44 bits per heavy atom. The number of alkyl halides is 2. The minimum absolute atomic E-state index is 0.0834. The lowest BCUT2D eigenvalue weighted by atomic mass is 9.89. The van der Waals surface area contributed by atoms with E-state index >= 15 is 0 Å². The Labute approximate surface area is 102 Å². The molecule has 1 saturated carbocycles. The van der Waals surface area contributed by atoms with Gasteiger partial charge in [-0.2, -0.15) is 0 Å².